The minimum absolute atomic E-state index is 0.0394. The summed E-state index contributed by atoms with van der Waals surface area (Å²) in [6, 6.07) is 14.1. The van der Waals surface area contributed by atoms with Crippen molar-refractivity contribution in [3.8, 4) is 0 Å². The van der Waals surface area contributed by atoms with Gasteiger partial charge in [-0.15, -0.1) is 0 Å². The average Bonchev–Trinajstić information content (AvgIpc) is 2.56. The van der Waals surface area contributed by atoms with Gasteiger partial charge in [0, 0.05) is 11.2 Å². The second kappa shape index (κ2) is 7.13. The molecule has 1 aliphatic rings. The molecule has 0 unspecified atom stereocenters. The Morgan fingerprint density at radius 3 is 2.60 bits per heavy atom. The number of amides is 2. The van der Waals surface area contributed by atoms with Gasteiger partial charge in [0.15, 0.2) is 11.0 Å². The number of carbonyl (C=O) groups is 2. The van der Waals surface area contributed by atoms with Gasteiger partial charge < -0.3 is 5.32 Å². The SMILES string of the molecule is Cc1cccc(N=C[C@H]2C(=O)NC(=S)N(c3ccc(Cl)cc3)C2=O)c1. The van der Waals surface area contributed by atoms with Crippen molar-refractivity contribution >= 4 is 58.3 Å². The van der Waals surface area contributed by atoms with Gasteiger partial charge in [0.25, 0.3) is 5.91 Å². The van der Waals surface area contributed by atoms with Crippen molar-refractivity contribution in [1.29, 1.82) is 0 Å². The van der Waals surface area contributed by atoms with Crippen LogP contribution in [0.25, 0.3) is 0 Å². The molecule has 126 valence electrons. The van der Waals surface area contributed by atoms with Crippen LogP contribution in [-0.2, 0) is 9.59 Å². The fourth-order valence-corrected chi connectivity index (χ4v) is 2.85. The summed E-state index contributed by atoms with van der Waals surface area (Å²) in [5.74, 6) is -1.99. The number of nitrogens with zero attached hydrogens (tertiary/aromatic N) is 2. The highest BCUT2D eigenvalue weighted by atomic mass is 35.5. The number of nitrogens with one attached hydrogen (secondary N) is 1. The molecule has 0 aromatic heterocycles. The van der Waals surface area contributed by atoms with Gasteiger partial charge in [0.05, 0.1) is 11.4 Å². The van der Waals surface area contributed by atoms with Crippen molar-refractivity contribution in [2.24, 2.45) is 10.9 Å². The summed E-state index contributed by atoms with van der Waals surface area (Å²) < 4.78 is 0. The molecule has 0 radical (unpaired) electrons. The molecule has 1 N–H and O–H groups in total. The van der Waals surface area contributed by atoms with Crippen LogP contribution in [0.4, 0.5) is 11.4 Å². The minimum atomic E-state index is -1.05. The van der Waals surface area contributed by atoms with Crippen molar-refractivity contribution in [3.05, 3.63) is 59.1 Å². The maximum absolute atomic E-state index is 12.8. The van der Waals surface area contributed by atoms with Gasteiger partial charge in [-0.25, -0.2) is 0 Å². The first-order valence-corrected chi connectivity index (χ1v) is 8.29. The highest BCUT2D eigenvalue weighted by Gasteiger charge is 2.38. The van der Waals surface area contributed by atoms with Crippen molar-refractivity contribution < 1.29 is 9.59 Å². The molecule has 1 aliphatic heterocycles. The molecule has 3 rings (SSSR count). The van der Waals surface area contributed by atoms with E-state index in [4.69, 9.17) is 23.8 Å². The van der Waals surface area contributed by atoms with E-state index in [-0.39, 0.29) is 5.11 Å². The zero-order valence-corrected chi connectivity index (χ0v) is 14.8. The molecule has 1 saturated heterocycles. The smallest absolute Gasteiger partial charge is 0.251 e. The second-order valence-electron chi connectivity index (χ2n) is 5.54. The van der Waals surface area contributed by atoms with Crippen molar-refractivity contribution in [2.75, 3.05) is 4.90 Å². The third-order valence-electron chi connectivity index (χ3n) is 3.66. The first kappa shape index (κ1) is 17.3. The molecule has 0 saturated carbocycles. The van der Waals surface area contributed by atoms with E-state index in [1.54, 1.807) is 30.3 Å². The highest BCUT2D eigenvalue weighted by Crippen LogP contribution is 2.23. The first-order valence-electron chi connectivity index (χ1n) is 7.51. The fraction of sp³-hybridized carbons (Fsp3) is 0.111. The quantitative estimate of drug-likeness (QED) is 0.511. The van der Waals surface area contributed by atoms with E-state index in [2.05, 4.69) is 10.3 Å². The lowest BCUT2D eigenvalue weighted by molar-refractivity contribution is -0.130. The molecule has 0 spiro atoms. The summed E-state index contributed by atoms with van der Waals surface area (Å²) in [5, 5.41) is 3.13. The summed E-state index contributed by atoms with van der Waals surface area (Å²) in [7, 11) is 0. The molecule has 25 heavy (non-hydrogen) atoms. The molecule has 1 heterocycles. The Balaban J connectivity index is 1.89. The van der Waals surface area contributed by atoms with Crippen LogP contribution in [0.15, 0.2) is 53.5 Å². The Morgan fingerprint density at radius 2 is 1.92 bits per heavy atom. The maximum atomic E-state index is 12.8. The van der Waals surface area contributed by atoms with E-state index < -0.39 is 17.7 Å². The molecular weight excluding hydrogens is 358 g/mol. The average molecular weight is 372 g/mol. The van der Waals surface area contributed by atoms with Crippen LogP contribution in [0.1, 0.15) is 5.56 Å². The molecule has 2 aromatic carbocycles. The Hall–Kier alpha value is -2.57. The normalized spacial score (nSPS) is 17.9. The zero-order chi connectivity index (χ0) is 18.0. The lowest BCUT2D eigenvalue weighted by Crippen LogP contribution is -2.58. The van der Waals surface area contributed by atoms with E-state index in [0.717, 1.165) is 5.56 Å². The van der Waals surface area contributed by atoms with Gasteiger partial charge in [-0.05, 0) is 61.1 Å². The molecule has 0 aliphatic carbocycles. The monoisotopic (exact) mass is 371 g/mol. The Labute approximate surface area is 155 Å². The highest BCUT2D eigenvalue weighted by molar-refractivity contribution is 7.80. The Bertz CT molecular complexity index is 880. The number of aliphatic imine (C=N–C) groups is 1. The summed E-state index contributed by atoms with van der Waals surface area (Å²) in [4.78, 5) is 30.5. The summed E-state index contributed by atoms with van der Waals surface area (Å²) in [6.45, 7) is 1.94. The predicted octanol–water partition coefficient (Wildman–Crippen LogP) is 3.41. The van der Waals surface area contributed by atoms with Gasteiger partial charge in [-0.3, -0.25) is 19.5 Å². The summed E-state index contributed by atoms with van der Waals surface area (Å²) in [5.41, 5.74) is 2.25. The standard InChI is InChI=1S/C18H14ClN3O2S/c1-11-3-2-4-13(9-11)20-10-15-16(23)21-18(25)22(17(15)24)14-7-5-12(19)6-8-14/h2-10,15H,1H3,(H,21,23,25)/t15-/m0/s1. The topological polar surface area (TPSA) is 61.8 Å². The van der Waals surface area contributed by atoms with E-state index >= 15 is 0 Å². The van der Waals surface area contributed by atoms with Crippen LogP contribution in [0.3, 0.4) is 0 Å². The zero-order valence-electron chi connectivity index (χ0n) is 13.3. The van der Waals surface area contributed by atoms with Crippen LogP contribution in [0.5, 0.6) is 0 Å². The number of thiocarbonyl (C=S) groups is 1. The van der Waals surface area contributed by atoms with Crippen LogP contribution in [0.2, 0.25) is 5.02 Å². The molecule has 7 heteroatoms. The van der Waals surface area contributed by atoms with Crippen LogP contribution in [-0.4, -0.2) is 23.1 Å². The second-order valence-corrected chi connectivity index (χ2v) is 6.36. The van der Waals surface area contributed by atoms with Gasteiger partial charge in [-0.2, -0.15) is 0 Å². The minimum Gasteiger partial charge on any atom is -0.301 e. The lowest BCUT2D eigenvalue weighted by atomic mass is 10.1. The van der Waals surface area contributed by atoms with Crippen LogP contribution >= 0.6 is 23.8 Å². The third kappa shape index (κ3) is 3.75. The van der Waals surface area contributed by atoms with E-state index in [0.29, 0.717) is 16.4 Å². The molecule has 1 atom stereocenters. The third-order valence-corrected chi connectivity index (χ3v) is 4.20. The number of hydrogen-bond acceptors (Lipinski definition) is 4. The van der Waals surface area contributed by atoms with Gasteiger partial charge in [-0.1, -0.05) is 23.7 Å². The van der Waals surface area contributed by atoms with Gasteiger partial charge in [0.1, 0.15) is 0 Å². The summed E-state index contributed by atoms with van der Waals surface area (Å²) >= 11 is 11.0. The van der Waals surface area contributed by atoms with E-state index in [1.165, 1.54) is 11.1 Å². The van der Waals surface area contributed by atoms with Crippen LogP contribution in [0, 0.1) is 12.8 Å². The molecule has 2 aromatic rings. The lowest BCUT2D eigenvalue weighted by Gasteiger charge is -2.30. The number of carbonyl (C=O) groups excluding carboxylic acids is 2. The van der Waals surface area contributed by atoms with E-state index in [9.17, 15) is 9.59 Å². The maximum Gasteiger partial charge on any atom is 0.251 e. The summed E-state index contributed by atoms with van der Waals surface area (Å²) in [6.07, 6.45) is 1.34. The van der Waals surface area contributed by atoms with Crippen molar-refractivity contribution in [1.82, 2.24) is 5.32 Å². The Kier molecular flexibility index (Phi) is 4.92. The molecule has 1 fully saturated rings. The predicted molar refractivity (Wildman–Crippen MR) is 102 cm³/mol. The van der Waals surface area contributed by atoms with Crippen molar-refractivity contribution in [2.45, 2.75) is 6.92 Å². The number of anilines is 1. The molecule has 0 bridgehead atoms. The fourth-order valence-electron chi connectivity index (χ4n) is 2.43. The van der Waals surface area contributed by atoms with E-state index in [1.807, 2.05) is 25.1 Å². The number of hydrogen-bond donors (Lipinski definition) is 1. The van der Waals surface area contributed by atoms with Gasteiger partial charge >= 0.3 is 0 Å². The number of rotatable bonds is 3. The van der Waals surface area contributed by atoms with Gasteiger partial charge in [0.2, 0.25) is 5.91 Å². The number of halogens is 1. The Morgan fingerprint density at radius 1 is 1.20 bits per heavy atom. The number of aryl methyl sites for hydroxylation is 1. The molecule has 5 nitrogen and oxygen atoms in total. The van der Waals surface area contributed by atoms with Crippen molar-refractivity contribution in [3.63, 3.8) is 0 Å². The van der Waals surface area contributed by atoms with Crippen LogP contribution < -0.4 is 10.2 Å². The number of benzene rings is 2. The molecule has 2 amide bonds. The molecular formula is C18H14ClN3O2S. The first-order chi connectivity index (χ1) is 12.0. The largest absolute Gasteiger partial charge is 0.301 e.